The molecule has 5 amide bonds. The van der Waals surface area contributed by atoms with Crippen molar-refractivity contribution in [3.05, 3.63) is 192 Å². The molecule has 2 unspecified atom stereocenters. The molecule has 2 atom stereocenters. The number of aromatic nitrogens is 8. The number of nitrogens with zero attached hydrogens (tertiary/aromatic N) is 10. The predicted octanol–water partition coefficient (Wildman–Crippen LogP) is 15.5. The van der Waals surface area contributed by atoms with E-state index < -0.39 is 11.9 Å². The van der Waals surface area contributed by atoms with Crippen molar-refractivity contribution in [1.82, 2.24) is 55.0 Å². The number of ketones is 1. The number of carbonyl (C=O) groups is 8. The Morgan fingerprint density at radius 3 is 1.22 bits per heavy atom. The van der Waals surface area contributed by atoms with E-state index in [9.17, 15) is 48.6 Å². The number of aliphatic carboxylic acids is 2. The van der Waals surface area contributed by atoms with Gasteiger partial charge in [0.25, 0.3) is 0 Å². The quantitative estimate of drug-likeness (QED) is 0.0245. The molecule has 12 heterocycles. The van der Waals surface area contributed by atoms with Gasteiger partial charge in [-0.1, -0.05) is 146 Å². The fraction of sp³-hybridized carbons (Fsp3) is 0.333. The van der Waals surface area contributed by atoms with Crippen molar-refractivity contribution < 1.29 is 87.5 Å². The van der Waals surface area contributed by atoms with Crippen LogP contribution in [-0.4, -0.2) is 129 Å². The Bertz CT molecular complexity index is 5360. The first-order valence-electron chi connectivity index (χ1n) is 36.4. The Balaban J connectivity index is 0.000000300. The number of hydrogen-bond acceptors (Lipinski definition) is 14. The largest absolute Gasteiger partial charge is 0.657 e. The molecule has 3 N–H and O–H groups in total. The van der Waals surface area contributed by atoms with Crippen molar-refractivity contribution in [3.63, 3.8) is 0 Å². The van der Waals surface area contributed by atoms with Gasteiger partial charge in [0.2, 0.25) is 29.5 Å². The fourth-order valence-corrected chi connectivity index (χ4v) is 16.5. The third-order valence-corrected chi connectivity index (χ3v) is 23.0. The van der Waals surface area contributed by atoms with Crippen molar-refractivity contribution in [2.24, 2.45) is 0 Å². The minimum Gasteiger partial charge on any atom is -0.657 e. The molecule has 25 heteroatoms. The molecule has 2 fully saturated rings. The van der Waals surface area contributed by atoms with Gasteiger partial charge in [-0.15, -0.1) is 67.7 Å². The van der Waals surface area contributed by atoms with Crippen molar-refractivity contribution in [2.75, 3.05) is 31.1 Å². The number of amides is 5. The summed E-state index contributed by atoms with van der Waals surface area (Å²) in [5.41, 5.74) is 25.3. The summed E-state index contributed by atoms with van der Waals surface area (Å²) in [5, 5.41) is 21.4. The molecule has 12 rings (SSSR count). The van der Waals surface area contributed by atoms with E-state index in [0.29, 0.717) is 75.3 Å². The van der Waals surface area contributed by atoms with Crippen LogP contribution in [0.25, 0.3) is 101 Å². The van der Waals surface area contributed by atoms with Crippen LogP contribution in [0.15, 0.2) is 87.0 Å². The minimum atomic E-state index is -0.909. The number of carboxylic acid groups (broad SMARTS) is 2. The molecular formula is C87H95N11O10S2Zn2-6. The van der Waals surface area contributed by atoms with Gasteiger partial charge in [-0.2, -0.15) is 0 Å². The molecule has 0 aromatic carbocycles. The number of rotatable bonds is 27. The number of likely N-dealkylation sites (tertiary alicyclic amines) is 2. The molecule has 6 aliphatic heterocycles. The van der Waals surface area contributed by atoms with Gasteiger partial charge in [0.15, 0.2) is 0 Å². The van der Waals surface area contributed by atoms with Crippen LogP contribution in [0.2, 0.25) is 0 Å². The zero-order chi connectivity index (χ0) is 77.7. The first kappa shape index (κ1) is 89.7. The van der Waals surface area contributed by atoms with E-state index in [2.05, 4.69) is 31.6 Å². The van der Waals surface area contributed by atoms with Gasteiger partial charge in [-0.25, -0.2) is 19.9 Å². The second-order valence-electron chi connectivity index (χ2n) is 27.4. The van der Waals surface area contributed by atoms with Gasteiger partial charge in [0.05, 0.1) is 56.1 Å². The molecule has 6 aromatic heterocycles. The van der Waals surface area contributed by atoms with E-state index in [1.54, 1.807) is 24.3 Å². The Labute approximate surface area is 689 Å². The second-order valence-corrected chi connectivity index (χ2v) is 30.4. The van der Waals surface area contributed by atoms with Crippen LogP contribution in [-0.2, 0) is 90.2 Å². The number of Topliss-reactive ketones (excluding diaryl/α,β-unsaturated/α-hetero) is 1. The molecule has 0 saturated carbocycles. The molecule has 0 spiro atoms. The molecule has 6 aliphatic rings. The van der Waals surface area contributed by atoms with E-state index in [1.807, 2.05) is 118 Å². The van der Waals surface area contributed by atoms with Gasteiger partial charge in [0, 0.05) is 115 Å². The summed E-state index contributed by atoms with van der Waals surface area (Å²) in [7, 11) is 0. The normalized spacial score (nSPS) is 15.2. The monoisotopic (exact) mass is 1650 g/mol. The summed E-state index contributed by atoms with van der Waals surface area (Å²) in [6, 6.07) is 15.4. The number of aryl methyl sites for hydroxylation is 6. The summed E-state index contributed by atoms with van der Waals surface area (Å²) in [6.45, 7) is 36.5. The third-order valence-electron chi connectivity index (χ3n) is 20.8. The van der Waals surface area contributed by atoms with E-state index in [0.717, 1.165) is 134 Å². The van der Waals surface area contributed by atoms with Gasteiger partial charge < -0.3 is 50.3 Å². The summed E-state index contributed by atoms with van der Waals surface area (Å²) in [4.78, 5) is 143. The molecule has 580 valence electrons. The van der Waals surface area contributed by atoms with Crippen LogP contribution < -0.4 is 25.3 Å². The molecular weight excluding hydrogens is 1550 g/mol. The standard InChI is InChI=1S/C43H46N5O5S.C42H46N6O5S.2CH3.2Zn/c1-8-28-23(4)32-18-33-25(6)30(14-13-27(49)12-11-17-48-41(50)22-40(43(48)53)54-10-3)38(46-33)21-39-31(15-16-42(51)52)26(7)35(47-39)20-37-29(9-2)24(5)34(45-37)19-36(28)44-32;1-8-26-22(4)30-17-31-25(7)29(12-14-41(51)52)37(46-31)20-36-28(11-13-39(49)43-15-16-48-40(50)21-38(42(48)53)54-10-3)24(6)33(47-36)19-35-27(9-2)23(5)32(45-35)18-34(26)44-30;;;;/h8-9,18-21,40H,1-2,10-17,22H2,3-7H3,(H2-,44,45,46,47,51,52);8-9,17-20,38H,1-2,10-16,21H2,3-7H3,(H4,43,44,45,46,47,49,51,52);2*1H3;;/q-1;;2*-1;;/p-3. The third kappa shape index (κ3) is 19.0. The van der Waals surface area contributed by atoms with E-state index in [-0.39, 0.29) is 177 Å². The van der Waals surface area contributed by atoms with E-state index >= 15 is 0 Å². The smallest absolute Gasteiger partial charge is 0.303 e. The number of imide groups is 2. The Morgan fingerprint density at radius 1 is 0.464 bits per heavy atom. The summed E-state index contributed by atoms with van der Waals surface area (Å²) < 4.78 is 0. The molecule has 2 saturated heterocycles. The SMILES string of the molecule is C=CC1=C(C)c2cc3[n-]c(cc4nc(cc5[n-]c(cc1n2)c(C)c5C=C)C(C)=C4CCC(=O)O)c(CCC(=O)CCCN1C(=O)CC(SCC)C1=O)c3C.C=CC1=C(C)c2cc3[n-]c(cc4nc(cc5[n-]c(cc1n2)c(C)c5CCC(=O)NCCN1C(=O)CC(SCC)C1=O)C(CCC(=O)O)=C4C)c(C)c3C=C.[CH3-].[CH3-].[Zn].[Zn]. The fourth-order valence-electron chi connectivity index (χ4n) is 14.7. The van der Waals surface area contributed by atoms with E-state index in [1.165, 1.54) is 33.3 Å². The van der Waals surface area contributed by atoms with Gasteiger partial charge in [-0.05, 0) is 144 Å². The van der Waals surface area contributed by atoms with Crippen molar-refractivity contribution in [3.8, 4) is 0 Å². The van der Waals surface area contributed by atoms with Crippen LogP contribution in [0, 0.1) is 42.5 Å². The average Bonchev–Trinajstić information content (AvgIpc) is 1.62. The molecule has 16 bridgehead atoms. The van der Waals surface area contributed by atoms with Crippen LogP contribution in [0.3, 0.4) is 0 Å². The molecule has 6 aromatic rings. The number of hydrogen-bond donors (Lipinski definition) is 3. The number of carboxylic acids is 2. The minimum absolute atomic E-state index is 0. The number of nitrogens with one attached hydrogen (secondary N) is 1. The zero-order valence-electron chi connectivity index (χ0n) is 66.3. The predicted molar refractivity (Wildman–Crippen MR) is 444 cm³/mol. The van der Waals surface area contributed by atoms with Crippen molar-refractivity contribution in [2.45, 2.75) is 157 Å². The zero-order valence-corrected chi connectivity index (χ0v) is 73.9. The number of thioether (sulfide) groups is 2. The number of carbonyl (C=O) groups excluding carboxylic acids is 6. The number of allylic oxidation sites excluding steroid dienone is 10. The van der Waals surface area contributed by atoms with Crippen LogP contribution in [0.1, 0.15) is 196 Å². The molecule has 21 nitrogen and oxygen atoms in total. The summed E-state index contributed by atoms with van der Waals surface area (Å²) in [6.07, 6.45) is 9.83. The molecule has 0 radical (unpaired) electrons. The van der Waals surface area contributed by atoms with Crippen LogP contribution >= 0.6 is 23.5 Å². The van der Waals surface area contributed by atoms with Crippen molar-refractivity contribution >= 4 is 172 Å². The molecule has 0 aliphatic carbocycles. The topological polar surface area (TPSA) is 303 Å². The number of fused-ring (bicyclic) bond motifs is 16. The second kappa shape index (κ2) is 38.8. The summed E-state index contributed by atoms with van der Waals surface area (Å²) in [5.74, 6) is -1.23. The Kier molecular flexibility index (Phi) is 31.1. The van der Waals surface area contributed by atoms with E-state index in [4.69, 9.17) is 39.9 Å². The van der Waals surface area contributed by atoms with Gasteiger partial charge in [-0.3, -0.25) is 48.2 Å². The van der Waals surface area contributed by atoms with Gasteiger partial charge in [0.1, 0.15) is 5.78 Å². The maximum Gasteiger partial charge on any atom is 0.303 e. The maximum atomic E-state index is 13.3. The van der Waals surface area contributed by atoms with Crippen molar-refractivity contribution in [1.29, 1.82) is 0 Å². The Hall–Kier alpha value is -9.53. The Morgan fingerprint density at radius 2 is 0.821 bits per heavy atom. The maximum absolute atomic E-state index is 13.3. The molecule has 112 heavy (non-hydrogen) atoms. The van der Waals surface area contributed by atoms with Gasteiger partial charge >= 0.3 is 11.9 Å². The summed E-state index contributed by atoms with van der Waals surface area (Å²) >= 11 is 2.94. The first-order chi connectivity index (χ1) is 51.7. The average molecular weight is 1650 g/mol. The van der Waals surface area contributed by atoms with Crippen LogP contribution in [0.5, 0.6) is 0 Å². The van der Waals surface area contributed by atoms with Crippen LogP contribution in [0.4, 0.5) is 0 Å². The first-order valence-corrected chi connectivity index (χ1v) is 38.5.